The Morgan fingerprint density at radius 2 is 1.17 bits per heavy atom. The first kappa shape index (κ1) is 16.4. The van der Waals surface area contributed by atoms with Crippen molar-refractivity contribution < 1.29 is 19.1 Å². The largest absolute Gasteiger partial charge is 0.350 e. The number of hydrogen-bond acceptors (Lipinski definition) is 4. The van der Waals surface area contributed by atoms with Crippen LogP contribution in [0.2, 0.25) is 0 Å². The molecule has 0 unspecified atom stereocenters. The second-order valence-electron chi connectivity index (χ2n) is 6.30. The number of halogens is 4. The van der Waals surface area contributed by atoms with E-state index >= 15 is 0 Å². The zero-order chi connectivity index (χ0) is 17.1. The van der Waals surface area contributed by atoms with Crippen LogP contribution in [-0.2, 0) is 19.1 Å². The lowest BCUT2D eigenvalue weighted by atomic mass is 9.48. The average molecular weight is 398 g/mol. The Morgan fingerprint density at radius 3 is 1.48 bits per heavy atom. The van der Waals surface area contributed by atoms with E-state index in [1.165, 1.54) is 26.4 Å². The molecule has 0 N–H and O–H groups in total. The van der Waals surface area contributed by atoms with Crippen LogP contribution in [-0.4, -0.2) is 51.1 Å². The monoisotopic (exact) mass is 396 g/mol. The fraction of sp³-hybridized carbons (Fsp3) is 0.600. The van der Waals surface area contributed by atoms with Crippen LogP contribution in [0.25, 0.3) is 0 Å². The van der Waals surface area contributed by atoms with Gasteiger partial charge in [-0.1, -0.05) is 12.2 Å². The Morgan fingerprint density at radius 1 is 0.826 bits per heavy atom. The number of ketones is 2. The van der Waals surface area contributed by atoms with Crippen molar-refractivity contribution in [1.82, 2.24) is 0 Å². The van der Waals surface area contributed by atoms with Gasteiger partial charge in [0.25, 0.3) is 0 Å². The third-order valence-electron chi connectivity index (χ3n) is 5.88. The number of hydrogen-bond donors (Lipinski definition) is 0. The minimum atomic E-state index is -1.61. The van der Waals surface area contributed by atoms with Crippen LogP contribution in [0.1, 0.15) is 0 Å². The van der Waals surface area contributed by atoms with E-state index in [2.05, 4.69) is 0 Å². The summed E-state index contributed by atoms with van der Waals surface area (Å²) in [7, 11) is 2.75. The van der Waals surface area contributed by atoms with Crippen LogP contribution in [0.5, 0.6) is 0 Å². The van der Waals surface area contributed by atoms with Crippen LogP contribution in [0.15, 0.2) is 24.3 Å². The van der Waals surface area contributed by atoms with Gasteiger partial charge in [-0.25, -0.2) is 0 Å². The Hall–Kier alpha value is -0.100. The summed E-state index contributed by atoms with van der Waals surface area (Å²) in [5.74, 6) is -3.98. The van der Waals surface area contributed by atoms with Crippen molar-refractivity contribution >= 4 is 58.0 Å². The van der Waals surface area contributed by atoms with Crippen LogP contribution < -0.4 is 0 Å². The summed E-state index contributed by atoms with van der Waals surface area (Å²) in [6, 6.07) is 0. The smallest absolute Gasteiger partial charge is 0.217 e. The Kier molecular flexibility index (Phi) is 2.97. The summed E-state index contributed by atoms with van der Waals surface area (Å²) in [4.78, 5) is 18.8. The number of carbonyl (C=O) groups is 2. The maximum Gasteiger partial charge on any atom is 0.217 e. The number of carbonyl (C=O) groups excluding carboxylic acids is 2. The summed E-state index contributed by atoms with van der Waals surface area (Å²) >= 11 is 27.5. The maximum atomic E-state index is 12.4. The molecule has 0 heterocycles. The summed E-state index contributed by atoms with van der Waals surface area (Å²) in [5.41, 5.74) is 0. The Bertz CT molecular complexity index is 662. The molecule has 0 aliphatic heterocycles. The van der Waals surface area contributed by atoms with Crippen LogP contribution in [0.4, 0.5) is 0 Å². The molecule has 0 radical (unpaired) electrons. The summed E-state index contributed by atoms with van der Waals surface area (Å²) in [6.45, 7) is 0. The molecule has 0 aromatic carbocycles. The van der Waals surface area contributed by atoms with Crippen LogP contribution in [0.3, 0.4) is 0 Å². The number of alkyl halides is 4. The van der Waals surface area contributed by atoms with Gasteiger partial charge < -0.3 is 9.47 Å². The minimum Gasteiger partial charge on any atom is -0.350 e. The fourth-order valence-corrected chi connectivity index (χ4v) is 7.79. The summed E-state index contributed by atoms with van der Waals surface area (Å²) < 4.78 is 11.1. The highest BCUT2D eigenvalue weighted by molar-refractivity contribution is 6.53. The minimum absolute atomic E-state index is 0.303. The van der Waals surface area contributed by atoms with E-state index in [1.807, 2.05) is 0 Å². The van der Waals surface area contributed by atoms with Gasteiger partial charge in [0.1, 0.15) is 19.5 Å². The molecule has 2 saturated carbocycles. The van der Waals surface area contributed by atoms with Gasteiger partial charge in [-0.3, -0.25) is 9.59 Å². The molecule has 0 saturated heterocycles. The molecule has 2 bridgehead atoms. The zero-order valence-electron chi connectivity index (χ0n) is 12.1. The molecule has 8 heteroatoms. The molecule has 4 aliphatic rings. The van der Waals surface area contributed by atoms with Crippen molar-refractivity contribution in [1.29, 1.82) is 0 Å². The lowest BCUT2D eigenvalue weighted by molar-refractivity contribution is -0.217. The second-order valence-corrected chi connectivity index (χ2v) is 8.68. The van der Waals surface area contributed by atoms with Crippen LogP contribution >= 0.6 is 46.4 Å². The zero-order valence-corrected chi connectivity index (χ0v) is 15.1. The van der Waals surface area contributed by atoms with Crippen molar-refractivity contribution in [3.63, 3.8) is 0 Å². The van der Waals surface area contributed by atoms with Gasteiger partial charge in [0, 0.05) is 14.2 Å². The quantitative estimate of drug-likeness (QED) is 0.408. The molecule has 6 atom stereocenters. The number of rotatable bonds is 2. The number of ether oxygens (including phenoxy) is 2. The van der Waals surface area contributed by atoms with E-state index in [0.717, 1.165) is 0 Å². The molecule has 4 aliphatic carbocycles. The summed E-state index contributed by atoms with van der Waals surface area (Å²) in [5, 5.41) is 0. The van der Waals surface area contributed by atoms with Gasteiger partial charge in [-0.05, 0) is 12.2 Å². The molecule has 124 valence electrons. The number of allylic oxidation sites excluding steroid dienone is 2. The Balaban J connectivity index is 2.06. The topological polar surface area (TPSA) is 52.6 Å². The first-order valence-corrected chi connectivity index (χ1v) is 8.46. The van der Waals surface area contributed by atoms with E-state index in [0.29, 0.717) is 0 Å². The standard InChI is InChI=1S/C15H12Cl4O4/c1-22-15(23-2)11(16)5-6-12(15,17)14(19)10-8(21)4-3-7(20)9(10)13(11,14)18/h3-6,9-10H,1-2H3/t9-,10+,11-,12+,13-,14+. The van der Waals surface area contributed by atoms with Gasteiger partial charge in [0.2, 0.25) is 5.79 Å². The maximum absolute atomic E-state index is 12.4. The molecule has 4 nitrogen and oxygen atoms in total. The summed E-state index contributed by atoms with van der Waals surface area (Å²) in [6.07, 6.45) is 5.55. The van der Waals surface area contributed by atoms with Gasteiger partial charge in [0.05, 0.1) is 11.8 Å². The van der Waals surface area contributed by atoms with E-state index < -0.39 is 37.1 Å². The van der Waals surface area contributed by atoms with Crippen molar-refractivity contribution in [2.24, 2.45) is 11.8 Å². The van der Waals surface area contributed by atoms with Crippen molar-refractivity contribution in [3.8, 4) is 0 Å². The van der Waals surface area contributed by atoms with Gasteiger partial charge in [-0.2, -0.15) is 0 Å². The molecular weight excluding hydrogens is 386 g/mol. The fourth-order valence-electron chi connectivity index (χ4n) is 5.00. The SMILES string of the molecule is COC1(OC)[C@]2(Cl)C=C[C@@]1(Cl)[C@]1(Cl)[C@@H]3C(=O)C=CC(=O)[C@@H]3[C@@]12Cl. The first-order valence-electron chi connectivity index (χ1n) is 6.95. The van der Waals surface area contributed by atoms with E-state index in [-0.39, 0.29) is 11.6 Å². The molecular formula is C15H12Cl4O4. The molecule has 4 rings (SSSR count). The first-order chi connectivity index (χ1) is 10.6. The predicted octanol–water partition coefficient (Wildman–Crippen LogP) is 2.42. The van der Waals surface area contributed by atoms with Gasteiger partial charge >= 0.3 is 0 Å². The van der Waals surface area contributed by atoms with Crippen molar-refractivity contribution in [2.45, 2.75) is 25.3 Å². The number of fused-ring (bicyclic) bond motifs is 8. The number of methoxy groups -OCH3 is 2. The van der Waals surface area contributed by atoms with Crippen molar-refractivity contribution in [3.05, 3.63) is 24.3 Å². The van der Waals surface area contributed by atoms with E-state index in [9.17, 15) is 9.59 Å². The lowest BCUT2D eigenvalue weighted by Crippen LogP contribution is -2.81. The molecule has 2 fully saturated rings. The predicted molar refractivity (Wildman–Crippen MR) is 86.4 cm³/mol. The third-order valence-corrected chi connectivity index (χ3v) is 9.18. The molecule has 0 spiro atoms. The van der Waals surface area contributed by atoms with Crippen molar-refractivity contribution in [2.75, 3.05) is 14.2 Å². The highest BCUT2D eigenvalue weighted by atomic mass is 35.5. The van der Waals surface area contributed by atoms with E-state index in [4.69, 9.17) is 55.9 Å². The van der Waals surface area contributed by atoms with Gasteiger partial charge in [0.15, 0.2) is 11.6 Å². The van der Waals surface area contributed by atoms with Crippen LogP contribution in [0, 0.1) is 11.8 Å². The van der Waals surface area contributed by atoms with E-state index in [1.54, 1.807) is 12.2 Å². The third kappa shape index (κ3) is 1.15. The normalized spacial score (nSPS) is 54.9. The molecule has 0 aromatic rings. The highest BCUT2D eigenvalue weighted by Crippen LogP contribution is 2.84. The average Bonchev–Trinajstić information content (AvgIpc) is 2.80. The van der Waals surface area contributed by atoms with Gasteiger partial charge in [-0.15, -0.1) is 46.4 Å². The lowest BCUT2D eigenvalue weighted by Gasteiger charge is -2.64. The molecule has 0 amide bonds. The molecule has 23 heavy (non-hydrogen) atoms. The highest BCUT2D eigenvalue weighted by Gasteiger charge is 2.99. The molecule has 0 aromatic heterocycles. The Labute approximate surface area is 152 Å². The second kappa shape index (κ2) is 4.17.